The second-order valence-corrected chi connectivity index (χ2v) is 12.7. The molecule has 14 nitrogen and oxygen atoms in total. The molecule has 0 aliphatic carbocycles. The average Bonchev–Trinajstić information content (AvgIpc) is 3.61. The molecule has 3 aliphatic heterocycles. The van der Waals surface area contributed by atoms with Crippen LogP contribution in [0.2, 0.25) is 0 Å². The highest BCUT2D eigenvalue weighted by molar-refractivity contribution is 8.00. The zero-order chi connectivity index (χ0) is 32.5. The van der Waals surface area contributed by atoms with Gasteiger partial charge in [-0.05, 0) is 30.2 Å². The normalized spacial score (nSPS) is 20.6. The van der Waals surface area contributed by atoms with E-state index in [9.17, 15) is 34.6 Å². The van der Waals surface area contributed by atoms with Crippen LogP contribution in [0, 0.1) is 0 Å². The number of carboxylic acid groups (broad SMARTS) is 1. The first kappa shape index (κ1) is 30.8. The molecule has 2 atom stereocenters. The number of anilines is 1. The highest BCUT2D eigenvalue weighted by Crippen LogP contribution is 2.41. The first-order chi connectivity index (χ1) is 22.1. The van der Waals surface area contributed by atoms with Crippen molar-refractivity contribution in [2.75, 3.05) is 18.0 Å². The lowest BCUT2D eigenvalue weighted by Gasteiger charge is -2.49. The maximum atomic E-state index is 13.4. The summed E-state index contributed by atoms with van der Waals surface area (Å²) in [6.45, 7) is 1.27. The minimum absolute atomic E-state index is 0.0382. The molecule has 0 unspecified atom stereocenters. The van der Waals surface area contributed by atoms with Gasteiger partial charge in [0.1, 0.15) is 35.1 Å². The summed E-state index contributed by atoms with van der Waals surface area (Å²) in [6.07, 6.45) is 3.87. The number of benzene rings is 1. The van der Waals surface area contributed by atoms with Crippen LogP contribution in [0.25, 0.3) is 0 Å². The fourth-order valence-electron chi connectivity index (χ4n) is 5.59. The number of fused-ring (bicyclic) bond motifs is 1. The van der Waals surface area contributed by atoms with Crippen molar-refractivity contribution in [3.8, 4) is 5.75 Å². The predicted molar refractivity (Wildman–Crippen MR) is 166 cm³/mol. The fraction of sp³-hybridized carbons (Fsp3) is 0.233. The van der Waals surface area contributed by atoms with Crippen molar-refractivity contribution in [1.82, 2.24) is 20.1 Å². The number of carbonyl (C=O) groups excluding carboxylic acids is 3. The summed E-state index contributed by atoms with van der Waals surface area (Å²) >= 11 is 2.29. The van der Waals surface area contributed by atoms with Crippen molar-refractivity contribution < 1.29 is 39.2 Å². The van der Waals surface area contributed by atoms with Gasteiger partial charge in [0.25, 0.3) is 11.8 Å². The molecule has 0 saturated carbocycles. The van der Waals surface area contributed by atoms with E-state index in [-0.39, 0.29) is 33.9 Å². The van der Waals surface area contributed by atoms with Crippen molar-refractivity contribution in [1.29, 1.82) is 0 Å². The number of carbonyl (C=O) groups is 4. The van der Waals surface area contributed by atoms with Gasteiger partial charge in [0.2, 0.25) is 11.6 Å². The van der Waals surface area contributed by atoms with Gasteiger partial charge in [-0.15, -0.1) is 23.1 Å². The number of allylic oxidation sites excluding steroid dienone is 1. The van der Waals surface area contributed by atoms with E-state index in [0.717, 1.165) is 27.5 Å². The summed E-state index contributed by atoms with van der Waals surface area (Å²) in [5.41, 5.74) is 7.52. The zero-order valence-electron chi connectivity index (χ0n) is 24.1. The Balaban J connectivity index is 1.16. The first-order valence-corrected chi connectivity index (χ1v) is 16.0. The third kappa shape index (κ3) is 5.91. The monoisotopic (exact) mass is 662 g/mol. The Morgan fingerprint density at radius 1 is 1.22 bits per heavy atom. The van der Waals surface area contributed by atoms with Gasteiger partial charge in [-0.3, -0.25) is 19.3 Å². The molecule has 2 aromatic heterocycles. The molecule has 2 saturated heterocycles. The number of carboxylic acids is 1. The predicted octanol–water partition coefficient (Wildman–Crippen LogP) is 1.04. The molecule has 3 amide bonds. The smallest absolute Gasteiger partial charge is 0.352 e. The number of hydrogen-bond donors (Lipinski definition) is 5. The Morgan fingerprint density at radius 2 is 2.04 bits per heavy atom. The van der Waals surface area contributed by atoms with E-state index in [2.05, 4.69) is 15.5 Å². The van der Waals surface area contributed by atoms with Crippen molar-refractivity contribution in [2.45, 2.75) is 30.9 Å². The number of aliphatic carboxylic acids is 1. The Bertz CT molecular complexity index is 1850. The quantitative estimate of drug-likeness (QED) is 0.0550. The van der Waals surface area contributed by atoms with Crippen molar-refractivity contribution in [3.05, 3.63) is 93.9 Å². The third-order valence-corrected chi connectivity index (χ3v) is 9.76. The molecule has 2 fully saturated rings. The number of aromatic hydroxyl groups is 1. The van der Waals surface area contributed by atoms with Gasteiger partial charge in [-0.2, -0.15) is 4.57 Å². The highest BCUT2D eigenvalue weighted by atomic mass is 32.2. The number of nitrogen functional groups attached to an aromatic ring is 1. The number of pyridine rings is 1. The number of oxime groups is 1. The van der Waals surface area contributed by atoms with Gasteiger partial charge < -0.3 is 31.4 Å². The van der Waals surface area contributed by atoms with Gasteiger partial charge >= 0.3 is 5.97 Å². The molecule has 6 N–H and O–H groups in total. The van der Waals surface area contributed by atoms with Gasteiger partial charge in [0, 0.05) is 40.9 Å². The number of rotatable bonds is 9. The third-order valence-electron chi connectivity index (χ3n) is 7.78. The summed E-state index contributed by atoms with van der Waals surface area (Å²) in [6, 6.07) is 11.6. The number of likely N-dealkylation sites (tertiary alicyclic amines) is 1. The van der Waals surface area contributed by atoms with Crippen LogP contribution in [0.4, 0.5) is 5.13 Å². The number of nitrogens with one attached hydrogen (secondary N) is 1. The summed E-state index contributed by atoms with van der Waals surface area (Å²) in [5, 5.41) is 35.7. The molecule has 3 aromatic rings. The molecule has 0 spiro atoms. The van der Waals surface area contributed by atoms with E-state index in [1.165, 1.54) is 17.1 Å². The van der Waals surface area contributed by atoms with Crippen molar-refractivity contribution in [2.24, 2.45) is 5.16 Å². The maximum Gasteiger partial charge on any atom is 0.352 e. The molecule has 5 heterocycles. The van der Waals surface area contributed by atoms with E-state index < -0.39 is 34.9 Å². The lowest BCUT2D eigenvalue weighted by atomic mass is 10.0. The van der Waals surface area contributed by atoms with E-state index >= 15 is 0 Å². The number of phenolic OH excluding ortho intramolecular Hbond substituents is 1. The molecule has 16 heteroatoms. The molecule has 6 rings (SSSR count). The number of phenols is 1. The zero-order valence-corrected chi connectivity index (χ0v) is 25.7. The summed E-state index contributed by atoms with van der Waals surface area (Å²) in [5.74, 6) is -2.70. The standard InChI is InChI=1S/C30H27N7O7S2/c31-30-32-21(15-46-30)22(34-44)25(39)33-23-27(41)37-24(29(42)43)18(14-45-28(23)37)11-17-7-9-36(26(17)40)13-19-5-1-2-8-35(19)12-16-4-3-6-20(38)10-16/h1-6,8,10-11,15,23,28H,7,9,12-14H2,(H5-,31,32,33,38,39,42,43,44)/p+1/b17-11+/t23-,28-/m1/s1. The Labute approximate surface area is 270 Å². The molecule has 46 heavy (non-hydrogen) atoms. The average molecular weight is 663 g/mol. The first-order valence-electron chi connectivity index (χ1n) is 14.0. The highest BCUT2D eigenvalue weighted by Gasteiger charge is 2.54. The number of β-lactam (4-membered cyclic amide) rings is 1. The van der Waals surface area contributed by atoms with Crippen LogP contribution in [0.3, 0.4) is 0 Å². The van der Waals surface area contributed by atoms with Crippen LogP contribution in [0.5, 0.6) is 5.75 Å². The SMILES string of the molecule is Nc1nc(/C(=N/O)C(=O)N[C@@H]2C(=O)N3C(C(=O)O)=C(/C=C4\CCN(Cc5cccc[n+]5Cc5cccc(O)c5)C4=O)CS[C@H]23)cs1. The number of amides is 3. The van der Waals surface area contributed by atoms with Crippen LogP contribution in [0.15, 0.2) is 82.1 Å². The number of thioether (sulfide) groups is 1. The lowest BCUT2D eigenvalue weighted by molar-refractivity contribution is -0.696. The topological polar surface area (TPSA) is 203 Å². The second kappa shape index (κ2) is 12.6. The van der Waals surface area contributed by atoms with Gasteiger partial charge in [0.05, 0.1) is 0 Å². The molecule has 1 aromatic carbocycles. The van der Waals surface area contributed by atoms with Gasteiger partial charge in [0.15, 0.2) is 23.6 Å². The lowest BCUT2D eigenvalue weighted by Crippen LogP contribution is -2.71. The summed E-state index contributed by atoms with van der Waals surface area (Å²) in [4.78, 5) is 58.5. The number of thiazole rings is 1. The van der Waals surface area contributed by atoms with E-state index in [4.69, 9.17) is 5.73 Å². The Hall–Kier alpha value is -5.22. The van der Waals surface area contributed by atoms with Crippen LogP contribution in [-0.2, 0) is 32.3 Å². The summed E-state index contributed by atoms with van der Waals surface area (Å²) in [7, 11) is 0. The van der Waals surface area contributed by atoms with E-state index in [0.29, 0.717) is 37.2 Å². The second-order valence-electron chi connectivity index (χ2n) is 10.7. The number of hydrogen-bond acceptors (Lipinski definition) is 11. The molecule has 0 bridgehead atoms. The van der Waals surface area contributed by atoms with Crippen LogP contribution >= 0.6 is 23.1 Å². The van der Waals surface area contributed by atoms with Crippen LogP contribution < -0.4 is 15.6 Å². The number of aromatic nitrogens is 2. The van der Waals surface area contributed by atoms with Gasteiger partial charge in [-0.1, -0.05) is 23.4 Å². The Kier molecular flexibility index (Phi) is 8.46. The minimum Gasteiger partial charge on any atom is -0.508 e. The molecular weight excluding hydrogens is 635 g/mol. The van der Waals surface area contributed by atoms with Gasteiger partial charge in [-0.25, -0.2) is 9.78 Å². The van der Waals surface area contributed by atoms with Crippen molar-refractivity contribution >= 4 is 57.6 Å². The van der Waals surface area contributed by atoms with Crippen LogP contribution in [0.1, 0.15) is 23.4 Å². The fourth-order valence-corrected chi connectivity index (χ4v) is 7.44. The largest absolute Gasteiger partial charge is 0.508 e. The Morgan fingerprint density at radius 3 is 2.76 bits per heavy atom. The number of nitrogens with zero attached hydrogens (tertiary/aromatic N) is 5. The molecular formula is C30H28N7O7S2+. The summed E-state index contributed by atoms with van der Waals surface area (Å²) < 4.78 is 2.00. The maximum absolute atomic E-state index is 13.4. The molecule has 236 valence electrons. The number of nitrogens with two attached hydrogens (primary N) is 1. The molecule has 0 radical (unpaired) electrons. The molecule has 3 aliphatic rings. The van der Waals surface area contributed by atoms with Crippen molar-refractivity contribution in [3.63, 3.8) is 0 Å². The minimum atomic E-state index is -1.33. The van der Waals surface area contributed by atoms with E-state index in [1.54, 1.807) is 29.2 Å². The van der Waals surface area contributed by atoms with E-state index in [1.807, 2.05) is 35.0 Å². The van der Waals surface area contributed by atoms with Crippen LogP contribution in [-0.4, -0.2) is 83.3 Å².